The highest BCUT2D eigenvalue weighted by atomic mass is 16.4. The first kappa shape index (κ1) is 12.7. The van der Waals surface area contributed by atoms with Gasteiger partial charge in [-0.1, -0.05) is 29.8 Å². The van der Waals surface area contributed by atoms with E-state index >= 15 is 0 Å². The number of carbonyl (C=O) groups is 1. The molecule has 0 aliphatic carbocycles. The normalized spacial score (nSPS) is 12.8. The molecule has 0 saturated heterocycles. The number of carbonyl (C=O) groups excluding carboxylic acids is 1. The number of carboxylic acids is 1. The van der Waals surface area contributed by atoms with Crippen molar-refractivity contribution in [1.82, 2.24) is 0 Å². The summed E-state index contributed by atoms with van der Waals surface area (Å²) in [5.41, 5.74) is 2.37. The SMILES string of the molecule is Cc1cccc(C[NH+](CC(=O)[O-])C(C)C)c1. The van der Waals surface area contributed by atoms with Crippen LogP contribution in [0, 0.1) is 6.92 Å². The van der Waals surface area contributed by atoms with E-state index in [0.717, 1.165) is 11.4 Å². The number of nitrogens with one attached hydrogen (secondary N) is 1. The number of aryl methyl sites for hydroxylation is 1. The molecule has 0 amide bonds. The van der Waals surface area contributed by atoms with Crippen molar-refractivity contribution in [2.24, 2.45) is 0 Å². The standard InChI is InChI=1S/C13H19NO2/c1-10(2)14(9-13(15)16)8-12-6-4-5-11(3)7-12/h4-7,10H,8-9H2,1-3H3,(H,15,16). The van der Waals surface area contributed by atoms with Crippen LogP contribution in [0.1, 0.15) is 25.0 Å². The number of hydrogen-bond donors (Lipinski definition) is 1. The Morgan fingerprint density at radius 1 is 1.44 bits per heavy atom. The highest BCUT2D eigenvalue weighted by Crippen LogP contribution is 2.02. The second kappa shape index (κ2) is 5.66. The summed E-state index contributed by atoms with van der Waals surface area (Å²) in [5.74, 6) is -0.989. The third-order valence-corrected chi connectivity index (χ3v) is 2.70. The molecule has 0 bridgehead atoms. The zero-order valence-corrected chi connectivity index (χ0v) is 10.1. The van der Waals surface area contributed by atoms with E-state index in [1.165, 1.54) is 11.1 Å². The Morgan fingerprint density at radius 2 is 2.12 bits per heavy atom. The van der Waals surface area contributed by atoms with Crippen molar-refractivity contribution in [3.8, 4) is 0 Å². The molecule has 0 aliphatic heterocycles. The van der Waals surface area contributed by atoms with Crippen molar-refractivity contribution in [1.29, 1.82) is 0 Å². The van der Waals surface area contributed by atoms with E-state index in [0.29, 0.717) is 0 Å². The van der Waals surface area contributed by atoms with E-state index in [1.54, 1.807) is 0 Å². The summed E-state index contributed by atoms with van der Waals surface area (Å²) >= 11 is 0. The second-order valence-corrected chi connectivity index (χ2v) is 4.53. The Bertz CT molecular complexity index is 361. The first-order chi connectivity index (χ1) is 7.49. The Hall–Kier alpha value is -1.35. The van der Waals surface area contributed by atoms with Gasteiger partial charge < -0.3 is 14.8 Å². The van der Waals surface area contributed by atoms with Gasteiger partial charge in [-0.2, -0.15) is 0 Å². The molecule has 1 atom stereocenters. The maximum Gasteiger partial charge on any atom is 0.118 e. The first-order valence-electron chi connectivity index (χ1n) is 5.59. The van der Waals surface area contributed by atoms with Crippen LogP contribution in [-0.4, -0.2) is 18.6 Å². The average molecular weight is 221 g/mol. The maximum absolute atomic E-state index is 10.6. The Kier molecular flexibility index (Phi) is 4.50. The molecular weight excluding hydrogens is 202 g/mol. The molecule has 0 radical (unpaired) electrons. The topological polar surface area (TPSA) is 44.6 Å². The predicted octanol–water partition coefficient (Wildman–Crippen LogP) is -0.462. The maximum atomic E-state index is 10.6. The molecule has 0 heterocycles. The summed E-state index contributed by atoms with van der Waals surface area (Å²) in [6.07, 6.45) is 0. The predicted molar refractivity (Wildman–Crippen MR) is 60.9 cm³/mol. The zero-order chi connectivity index (χ0) is 12.1. The fourth-order valence-electron chi connectivity index (χ4n) is 1.74. The minimum absolute atomic E-state index is 0.0611. The molecule has 1 rings (SSSR count). The van der Waals surface area contributed by atoms with Gasteiger partial charge in [-0.3, -0.25) is 0 Å². The monoisotopic (exact) mass is 221 g/mol. The number of rotatable bonds is 5. The minimum atomic E-state index is -0.989. The third-order valence-electron chi connectivity index (χ3n) is 2.70. The fraction of sp³-hybridized carbons (Fsp3) is 0.462. The van der Waals surface area contributed by atoms with E-state index in [-0.39, 0.29) is 12.6 Å². The first-order valence-corrected chi connectivity index (χ1v) is 5.59. The molecule has 0 spiro atoms. The minimum Gasteiger partial charge on any atom is -0.544 e. The summed E-state index contributed by atoms with van der Waals surface area (Å²) in [6, 6.07) is 8.44. The van der Waals surface area contributed by atoms with Gasteiger partial charge in [0, 0.05) is 5.56 Å². The van der Waals surface area contributed by atoms with E-state index in [2.05, 4.69) is 6.07 Å². The number of quaternary nitrogens is 1. The van der Waals surface area contributed by atoms with Crippen LogP contribution in [0.15, 0.2) is 24.3 Å². The molecular formula is C13H19NO2. The van der Waals surface area contributed by atoms with Gasteiger partial charge in [0.05, 0.1) is 12.0 Å². The molecule has 1 N–H and O–H groups in total. The molecule has 0 fully saturated rings. The Labute approximate surface area is 96.7 Å². The second-order valence-electron chi connectivity index (χ2n) is 4.53. The van der Waals surface area contributed by atoms with Crippen LogP contribution in [-0.2, 0) is 11.3 Å². The molecule has 1 aromatic rings. The van der Waals surface area contributed by atoms with Gasteiger partial charge in [0.25, 0.3) is 0 Å². The molecule has 1 unspecified atom stereocenters. The van der Waals surface area contributed by atoms with Crippen LogP contribution in [0.4, 0.5) is 0 Å². The van der Waals surface area contributed by atoms with Crippen LogP contribution >= 0.6 is 0 Å². The van der Waals surface area contributed by atoms with E-state index in [9.17, 15) is 9.90 Å². The highest BCUT2D eigenvalue weighted by molar-refractivity contribution is 5.65. The van der Waals surface area contributed by atoms with E-state index in [1.807, 2.05) is 39.0 Å². The van der Waals surface area contributed by atoms with Crippen molar-refractivity contribution >= 4 is 5.97 Å². The van der Waals surface area contributed by atoms with Crippen molar-refractivity contribution in [2.75, 3.05) is 6.54 Å². The fourth-order valence-corrected chi connectivity index (χ4v) is 1.74. The Morgan fingerprint density at radius 3 is 2.62 bits per heavy atom. The molecule has 3 nitrogen and oxygen atoms in total. The van der Waals surface area contributed by atoms with Gasteiger partial charge in [0.1, 0.15) is 13.1 Å². The van der Waals surface area contributed by atoms with Crippen molar-refractivity contribution < 1.29 is 14.8 Å². The third kappa shape index (κ3) is 4.03. The lowest BCUT2D eigenvalue weighted by Gasteiger charge is -2.24. The lowest BCUT2D eigenvalue weighted by Crippen LogP contribution is -3.15. The number of aliphatic carboxylic acids is 1. The molecule has 0 aromatic heterocycles. The van der Waals surface area contributed by atoms with Gasteiger partial charge in [0.2, 0.25) is 0 Å². The summed E-state index contributed by atoms with van der Waals surface area (Å²) in [7, 11) is 0. The Balaban J connectivity index is 2.71. The summed E-state index contributed by atoms with van der Waals surface area (Å²) in [5, 5.41) is 10.6. The summed E-state index contributed by atoms with van der Waals surface area (Å²) < 4.78 is 0. The van der Waals surface area contributed by atoms with Gasteiger partial charge in [0.15, 0.2) is 0 Å². The number of carboxylic acid groups (broad SMARTS) is 1. The van der Waals surface area contributed by atoms with Crippen LogP contribution in [0.3, 0.4) is 0 Å². The van der Waals surface area contributed by atoms with Gasteiger partial charge in [-0.25, -0.2) is 0 Å². The highest BCUT2D eigenvalue weighted by Gasteiger charge is 2.13. The summed E-state index contributed by atoms with van der Waals surface area (Å²) in [6.45, 7) is 6.87. The molecule has 0 saturated carbocycles. The van der Waals surface area contributed by atoms with Crippen molar-refractivity contribution in [2.45, 2.75) is 33.4 Å². The smallest absolute Gasteiger partial charge is 0.118 e. The lowest BCUT2D eigenvalue weighted by molar-refractivity contribution is -0.929. The van der Waals surface area contributed by atoms with E-state index < -0.39 is 5.97 Å². The molecule has 88 valence electrons. The zero-order valence-electron chi connectivity index (χ0n) is 10.1. The molecule has 1 aromatic carbocycles. The van der Waals surface area contributed by atoms with Crippen LogP contribution in [0.25, 0.3) is 0 Å². The molecule has 3 heteroatoms. The quantitative estimate of drug-likeness (QED) is 0.731. The van der Waals surface area contributed by atoms with Crippen LogP contribution < -0.4 is 10.0 Å². The van der Waals surface area contributed by atoms with Crippen molar-refractivity contribution in [3.05, 3.63) is 35.4 Å². The molecule has 0 aliphatic rings. The van der Waals surface area contributed by atoms with Gasteiger partial charge in [-0.05, 0) is 20.8 Å². The molecule has 16 heavy (non-hydrogen) atoms. The van der Waals surface area contributed by atoms with Gasteiger partial charge in [-0.15, -0.1) is 0 Å². The summed E-state index contributed by atoms with van der Waals surface area (Å²) in [4.78, 5) is 11.7. The largest absolute Gasteiger partial charge is 0.544 e. The average Bonchev–Trinajstić information content (AvgIpc) is 2.15. The van der Waals surface area contributed by atoms with Crippen LogP contribution in [0.5, 0.6) is 0 Å². The van der Waals surface area contributed by atoms with Crippen LogP contribution in [0.2, 0.25) is 0 Å². The van der Waals surface area contributed by atoms with E-state index in [4.69, 9.17) is 0 Å². The lowest BCUT2D eigenvalue weighted by atomic mass is 10.1. The van der Waals surface area contributed by atoms with Crippen molar-refractivity contribution in [3.63, 3.8) is 0 Å². The number of hydrogen-bond acceptors (Lipinski definition) is 2. The van der Waals surface area contributed by atoms with Gasteiger partial charge >= 0.3 is 0 Å². The number of benzene rings is 1.